The van der Waals surface area contributed by atoms with Crippen LogP contribution in [-0.2, 0) is 24.4 Å². The van der Waals surface area contributed by atoms with Gasteiger partial charge in [-0.2, -0.15) is 0 Å². The van der Waals surface area contributed by atoms with Crippen LogP contribution in [0, 0.1) is 6.92 Å². The van der Waals surface area contributed by atoms with E-state index < -0.39 is 0 Å². The highest BCUT2D eigenvalue weighted by Crippen LogP contribution is 2.08. The van der Waals surface area contributed by atoms with E-state index >= 15 is 0 Å². The molecular formula is C16H20N2O. The van der Waals surface area contributed by atoms with Crippen molar-refractivity contribution in [1.82, 2.24) is 10.3 Å². The number of aryl methyl sites for hydroxylation is 1. The van der Waals surface area contributed by atoms with E-state index in [0.717, 1.165) is 13.1 Å². The first-order valence-corrected chi connectivity index (χ1v) is 6.46. The molecule has 2 aromatic rings. The first-order chi connectivity index (χ1) is 9.29. The van der Waals surface area contributed by atoms with E-state index in [1.807, 2.05) is 12.4 Å². The van der Waals surface area contributed by atoms with Crippen LogP contribution in [0.1, 0.15) is 22.3 Å². The molecule has 0 fully saturated rings. The zero-order chi connectivity index (χ0) is 13.5. The number of hydrogen-bond donors (Lipinski definition) is 1. The van der Waals surface area contributed by atoms with Crippen molar-refractivity contribution < 1.29 is 4.74 Å². The third-order valence-electron chi connectivity index (χ3n) is 3.08. The molecule has 3 nitrogen and oxygen atoms in total. The highest BCUT2D eigenvalue weighted by molar-refractivity contribution is 5.24. The number of aromatic nitrogens is 1. The fraction of sp³-hybridized carbons (Fsp3) is 0.312. The molecule has 0 unspecified atom stereocenters. The standard InChI is InChI=1S/C16H20N2O/c1-13-9-17-7-6-16(13)11-18-10-14-4-3-5-15(8-14)12-19-2/h3-9,18H,10-12H2,1-2H3. The van der Waals surface area contributed by atoms with Crippen molar-refractivity contribution in [3.63, 3.8) is 0 Å². The molecule has 1 N–H and O–H groups in total. The average molecular weight is 256 g/mol. The lowest BCUT2D eigenvalue weighted by molar-refractivity contribution is 0.185. The Morgan fingerprint density at radius 1 is 1.16 bits per heavy atom. The number of nitrogens with one attached hydrogen (secondary N) is 1. The van der Waals surface area contributed by atoms with Crippen molar-refractivity contribution in [3.05, 3.63) is 65.0 Å². The Hall–Kier alpha value is -1.71. The summed E-state index contributed by atoms with van der Waals surface area (Å²) in [7, 11) is 1.72. The second-order valence-electron chi connectivity index (χ2n) is 4.66. The zero-order valence-electron chi connectivity index (χ0n) is 11.5. The van der Waals surface area contributed by atoms with Gasteiger partial charge in [0.05, 0.1) is 6.61 Å². The van der Waals surface area contributed by atoms with Gasteiger partial charge in [-0.15, -0.1) is 0 Å². The molecule has 19 heavy (non-hydrogen) atoms. The van der Waals surface area contributed by atoms with Crippen molar-refractivity contribution in [1.29, 1.82) is 0 Å². The fourth-order valence-corrected chi connectivity index (χ4v) is 2.04. The van der Waals surface area contributed by atoms with E-state index in [1.165, 1.54) is 22.3 Å². The molecule has 0 spiro atoms. The smallest absolute Gasteiger partial charge is 0.0713 e. The van der Waals surface area contributed by atoms with E-state index in [9.17, 15) is 0 Å². The zero-order valence-corrected chi connectivity index (χ0v) is 11.5. The summed E-state index contributed by atoms with van der Waals surface area (Å²) in [6.07, 6.45) is 3.74. The normalized spacial score (nSPS) is 10.6. The maximum Gasteiger partial charge on any atom is 0.0713 e. The summed E-state index contributed by atoms with van der Waals surface area (Å²) in [6.45, 7) is 4.47. The second-order valence-corrected chi connectivity index (χ2v) is 4.66. The Balaban J connectivity index is 1.89. The van der Waals surface area contributed by atoms with E-state index in [-0.39, 0.29) is 0 Å². The predicted molar refractivity (Wildman–Crippen MR) is 76.7 cm³/mol. The van der Waals surface area contributed by atoms with Gasteiger partial charge in [-0.25, -0.2) is 0 Å². The Bertz CT molecular complexity index is 526. The lowest BCUT2D eigenvalue weighted by Gasteiger charge is -2.08. The van der Waals surface area contributed by atoms with Gasteiger partial charge in [-0.1, -0.05) is 24.3 Å². The van der Waals surface area contributed by atoms with E-state index in [1.54, 1.807) is 7.11 Å². The van der Waals surface area contributed by atoms with Gasteiger partial charge in [0.15, 0.2) is 0 Å². The molecule has 0 atom stereocenters. The topological polar surface area (TPSA) is 34.1 Å². The van der Waals surface area contributed by atoms with Crippen LogP contribution < -0.4 is 5.32 Å². The van der Waals surface area contributed by atoms with Crippen molar-refractivity contribution in [3.8, 4) is 0 Å². The molecule has 1 heterocycles. The average Bonchev–Trinajstić information content (AvgIpc) is 2.42. The first-order valence-electron chi connectivity index (χ1n) is 6.46. The monoisotopic (exact) mass is 256 g/mol. The molecule has 1 aromatic carbocycles. The van der Waals surface area contributed by atoms with Crippen LogP contribution in [0.25, 0.3) is 0 Å². The lowest BCUT2D eigenvalue weighted by Crippen LogP contribution is -2.13. The molecule has 3 heteroatoms. The van der Waals surface area contributed by atoms with Crippen LogP contribution >= 0.6 is 0 Å². The Labute approximate surface area is 114 Å². The van der Waals surface area contributed by atoms with Crippen LogP contribution in [-0.4, -0.2) is 12.1 Å². The van der Waals surface area contributed by atoms with Crippen molar-refractivity contribution >= 4 is 0 Å². The Kier molecular flexibility index (Phi) is 5.07. The van der Waals surface area contributed by atoms with Gasteiger partial charge in [0.2, 0.25) is 0 Å². The molecule has 0 aliphatic heterocycles. The highest BCUT2D eigenvalue weighted by atomic mass is 16.5. The summed E-state index contributed by atoms with van der Waals surface area (Å²) in [5.74, 6) is 0. The number of ether oxygens (including phenoxy) is 1. The van der Waals surface area contributed by atoms with Crippen molar-refractivity contribution in [2.24, 2.45) is 0 Å². The number of methoxy groups -OCH3 is 1. The van der Waals surface area contributed by atoms with Gasteiger partial charge < -0.3 is 10.1 Å². The third-order valence-corrected chi connectivity index (χ3v) is 3.08. The molecule has 0 amide bonds. The van der Waals surface area contributed by atoms with Gasteiger partial charge in [0.25, 0.3) is 0 Å². The van der Waals surface area contributed by atoms with Crippen LogP contribution in [0.4, 0.5) is 0 Å². The minimum absolute atomic E-state index is 0.664. The highest BCUT2D eigenvalue weighted by Gasteiger charge is 1.99. The van der Waals surface area contributed by atoms with Crippen LogP contribution in [0.15, 0.2) is 42.7 Å². The van der Waals surface area contributed by atoms with Gasteiger partial charge >= 0.3 is 0 Å². The Morgan fingerprint density at radius 3 is 2.79 bits per heavy atom. The number of pyridine rings is 1. The summed E-state index contributed by atoms with van der Waals surface area (Å²) in [5, 5.41) is 3.46. The van der Waals surface area contributed by atoms with E-state index in [4.69, 9.17) is 4.74 Å². The molecule has 0 radical (unpaired) electrons. The molecule has 2 rings (SSSR count). The molecule has 0 aliphatic rings. The van der Waals surface area contributed by atoms with Gasteiger partial charge in [-0.3, -0.25) is 4.98 Å². The third kappa shape index (κ3) is 4.16. The van der Waals surface area contributed by atoms with Gasteiger partial charge in [0.1, 0.15) is 0 Å². The maximum atomic E-state index is 5.15. The van der Waals surface area contributed by atoms with Crippen molar-refractivity contribution in [2.75, 3.05) is 7.11 Å². The van der Waals surface area contributed by atoms with E-state index in [0.29, 0.717) is 6.61 Å². The molecule has 0 bridgehead atoms. The molecule has 0 saturated heterocycles. The number of nitrogens with zero attached hydrogens (tertiary/aromatic N) is 1. The van der Waals surface area contributed by atoms with Crippen molar-refractivity contribution in [2.45, 2.75) is 26.6 Å². The quantitative estimate of drug-likeness (QED) is 0.863. The number of rotatable bonds is 6. The van der Waals surface area contributed by atoms with Crippen LogP contribution in [0.5, 0.6) is 0 Å². The lowest BCUT2D eigenvalue weighted by atomic mass is 10.1. The summed E-state index contributed by atoms with van der Waals surface area (Å²) in [5.41, 5.74) is 5.01. The Morgan fingerprint density at radius 2 is 2.00 bits per heavy atom. The van der Waals surface area contributed by atoms with Gasteiger partial charge in [0, 0.05) is 32.6 Å². The molecular weight excluding hydrogens is 236 g/mol. The minimum atomic E-state index is 0.664. The molecule has 0 aliphatic carbocycles. The molecule has 0 saturated carbocycles. The summed E-state index contributed by atoms with van der Waals surface area (Å²) >= 11 is 0. The SMILES string of the molecule is COCc1cccc(CNCc2ccncc2C)c1. The molecule has 100 valence electrons. The van der Waals surface area contributed by atoms with Gasteiger partial charge in [-0.05, 0) is 35.2 Å². The van der Waals surface area contributed by atoms with Crippen LogP contribution in [0.2, 0.25) is 0 Å². The molecule has 1 aromatic heterocycles. The minimum Gasteiger partial charge on any atom is -0.380 e. The maximum absolute atomic E-state index is 5.15. The first kappa shape index (κ1) is 13.7. The fourth-order valence-electron chi connectivity index (χ4n) is 2.04. The summed E-state index contributed by atoms with van der Waals surface area (Å²) in [4.78, 5) is 4.10. The number of benzene rings is 1. The summed E-state index contributed by atoms with van der Waals surface area (Å²) < 4.78 is 5.15. The van der Waals surface area contributed by atoms with E-state index in [2.05, 4.69) is 47.6 Å². The van der Waals surface area contributed by atoms with Crippen LogP contribution in [0.3, 0.4) is 0 Å². The number of hydrogen-bond acceptors (Lipinski definition) is 3. The summed E-state index contributed by atoms with van der Waals surface area (Å²) in [6, 6.07) is 10.5. The largest absolute Gasteiger partial charge is 0.380 e. The second kappa shape index (κ2) is 7.02. The predicted octanol–water partition coefficient (Wildman–Crippen LogP) is 2.83.